The number of nitrogens with one attached hydrogen (secondary N) is 1. The normalized spacial score (nSPS) is 14.2. The second kappa shape index (κ2) is 11.9. The zero-order valence-electron chi connectivity index (χ0n) is 21.0. The fourth-order valence-corrected chi connectivity index (χ4v) is 4.56. The molecule has 2 aromatic rings. The van der Waals surface area contributed by atoms with Gasteiger partial charge >= 0.3 is 5.69 Å². The molecule has 1 aliphatic heterocycles. The van der Waals surface area contributed by atoms with Gasteiger partial charge in [0.05, 0.1) is 0 Å². The number of amides is 2. The molecule has 1 aliphatic rings. The first kappa shape index (κ1) is 26.2. The minimum Gasteiger partial charge on any atom is -0.383 e. The van der Waals surface area contributed by atoms with Gasteiger partial charge in [-0.3, -0.25) is 23.9 Å². The average Bonchev–Trinajstić information content (AvgIpc) is 2.85. The van der Waals surface area contributed by atoms with Gasteiger partial charge in [0.1, 0.15) is 5.82 Å². The fourth-order valence-electron chi connectivity index (χ4n) is 4.56. The third-order valence-electron chi connectivity index (χ3n) is 6.73. The molecule has 1 aromatic carbocycles. The first-order valence-corrected chi connectivity index (χ1v) is 12.6. The SMILES string of the molecule is CCCCN(C(=O)C1CCN(C(=O)c2ccccc2C)CC1)c1c(N)n(CCCC)c(=O)[nH]c1=O. The van der Waals surface area contributed by atoms with E-state index in [2.05, 4.69) is 4.98 Å². The molecule has 9 nitrogen and oxygen atoms in total. The van der Waals surface area contributed by atoms with Crippen molar-refractivity contribution in [2.24, 2.45) is 5.92 Å². The van der Waals surface area contributed by atoms with Gasteiger partial charge in [-0.15, -0.1) is 0 Å². The maximum atomic E-state index is 13.6. The lowest BCUT2D eigenvalue weighted by Gasteiger charge is -2.34. The number of rotatable bonds is 9. The van der Waals surface area contributed by atoms with Crippen LogP contribution in [0.1, 0.15) is 68.3 Å². The van der Waals surface area contributed by atoms with Crippen molar-refractivity contribution in [1.82, 2.24) is 14.5 Å². The van der Waals surface area contributed by atoms with Gasteiger partial charge in [0.2, 0.25) is 5.91 Å². The molecular weight excluding hydrogens is 446 g/mol. The molecule has 1 aromatic heterocycles. The van der Waals surface area contributed by atoms with Crippen LogP contribution in [0, 0.1) is 12.8 Å². The Morgan fingerprint density at radius 2 is 1.74 bits per heavy atom. The molecule has 0 saturated carbocycles. The number of H-pyrrole nitrogens is 1. The van der Waals surface area contributed by atoms with Gasteiger partial charge in [0.25, 0.3) is 11.5 Å². The molecule has 2 heterocycles. The van der Waals surface area contributed by atoms with Crippen LogP contribution in [0.3, 0.4) is 0 Å². The monoisotopic (exact) mass is 483 g/mol. The molecule has 1 fully saturated rings. The Labute approximate surface area is 205 Å². The highest BCUT2D eigenvalue weighted by Gasteiger charge is 2.33. The average molecular weight is 484 g/mol. The second-order valence-electron chi connectivity index (χ2n) is 9.22. The molecule has 0 radical (unpaired) electrons. The van der Waals surface area contributed by atoms with Crippen LogP contribution in [0.25, 0.3) is 0 Å². The van der Waals surface area contributed by atoms with Crippen LogP contribution in [0.15, 0.2) is 33.9 Å². The first-order chi connectivity index (χ1) is 16.8. The van der Waals surface area contributed by atoms with Gasteiger partial charge in [-0.1, -0.05) is 44.9 Å². The van der Waals surface area contributed by atoms with Gasteiger partial charge in [-0.25, -0.2) is 4.79 Å². The van der Waals surface area contributed by atoms with E-state index in [4.69, 9.17) is 5.73 Å². The predicted molar refractivity (Wildman–Crippen MR) is 138 cm³/mol. The van der Waals surface area contributed by atoms with E-state index in [-0.39, 0.29) is 29.2 Å². The van der Waals surface area contributed by atoms with Crippen molar-refractivity contribution in [2.45, 2.75) is 65.8 Å². The number of anilines is 2. The number of likely N-dealkylation sites (tertiary alicyclic amines) is 1. The number of hydrogen-bond donors (Lipinski definition) is 2. The number of nitrogens with two attached hydrogens (primary N) is 1. The van der Waals surface area contributed by atoms with Crippen LogP contribution < -0.4 is 21.9 Å². The van der Waals surface area contributed by atoms with Gasteiger partial charge in [-0.05, 0) is 44.2 Å². The number of nitrogen functional groups attached to an aromatic ring is 1. The number of unbranched alkanes of at least 4 members (excludes halogenated alkanes) is 2. The minimum atomic E-state index is -0.642. The minimum absolute atomic E-state index is 0.0273. The van der Waals surface area contributed by atoms with E-state index in [0.717, 1.165) is 24.8 Å². The number of aromatic nitrogens is 2. The quantitative estimate of drug-likeness (QED) is 0.568. The molecule has 0 unspecified atom stereocenters. The van der Waals surface area contributed by atoms with Crippen molar-refractivity contribution in [3.63, 3.8) is 0 Å². The highest BCUT2D eigenvalue weighted by Crippen LogP contribution is 2.26. The topological polar surface area (TPSA) is 121 Å². The third kappa shape index (κ3) is 5.83. The number of nitrogens with zero attached hydrogens (tertiary/aromatic N) is 3. The lowest BCUT2D eigenvalue weighted by atomic mass is 9.94. The molecule has 190 valence electrons. The summed E-state index contributed by atoms with van der Waals surface area (Å²) < 4.78 is 1.34. The highest BCUT2D eigenvalue weighted by molar-refractivity contribution is 5.98. The Balaban J connectivity index is 1.82. The second-order valence-corrected chi connectivity index (χ2v) is 9.22. The Hall–Kier alpha value is -3.36. The molecule has 0 atom stereocenters. The number of piperidine rings is 1. The Bertz CT molecular complexity index is 1160. The maximum absolute atomic E-state index is 13.6. The summed E-state index contributed by atoms with van der Waals surface area (Å²) in [5.74, 6) is -0.508. The van der Waals surface area contributed by atoms with Crippen LogP contribution in [0.4, 0.5) is 11.5 Å². The largest absolute Gasteiger partial charge is 0.383 e. The zero-order chi connectivity index (χ0) is 25.5. The van der Waals surface area contributed by atoms with E-state index in [1.807, 2.05) is 45.0 Å². The van der Waals surface area contributed by atoms with Crippen molar-refractivity contribution in [1.29, 1.82) is 0 Å². The predicted octanol–water partition coefficient (Wildman–Crippen LogP) is 2.91. The van der Waals surface area contributed by atoms with Gasteiger partial charge in [0.15, 0.2) is 5.69 Å². The van der Waals surface area contributed by atoms with Gasteiger partial charge in [-0.2, -0.15) is 0 Å². The molecule has 9 heteroatoms. The van der Waals surface area contributed by atoms with Gasteiger partial charge in [0, 0.05) is 37.7 Å². The van der Waals surface area contributed by atoms with Crippen molar-refractivity contribution in [2.75, 3.05) is 30.3 Å². The van der Waals surface area contributed by atoms with Crippen LogP contribution in [-0.4, -0.2) is 45.9 Å². The molecule has 3 rings (SSSR count). The Morgan fingerprint density at radius 3 is 2.37 bits per heavy atom. The first-order valence-electron chi connectivity index (χ1n) is 12.6. The number of carbonyl (C=O) groups excluding carboxylic acids is 2. The van der Waals surface area contributed by atoms with Crippen LogP contribution >= 0.6 is 0 Å². The number of aromatic amines is 1. The summed E-state index contributed by atoms with van der Waals surface area (Å²) in [6.45, 7) is 7.57. The lowest BCUT2D eigenvalue weighted by molar-refractivity contribution is -0.123. The third-order valence-corrected chi connectivity index (χ3v) is 6.73. The summed E-state index contributed by atoms with van der Waals surface area (Å²) in [4.78, 5) is 57.4. The molecule has 0 spiro atoms. The summed E-state index contributed by atoms with van der Waals surface area (Å²) >= 11 is 0. The van der Waals surface area contributed by atoms with Crippen molar-refractivity contribution in [3.05, 3.63) is 56.2 Å². The van der Waals surface area contributed by atoms with Crippen LogP contribution in [0.2, 0.25) is 0 Å². The van der Waals surface area contributed by atoms with Crippen LogP contribution in [-0.2, 0) is 11.3 Å². The van der Waals surface area contributed by atoms with Crippen molar-refractivity contribution < 1.29 is 9.59 Å². The fraction of sp³-hybridized carbons (Fsp3) is 0.538. The highest BCUT2D eigenvalue weighted by atomic mass is 16.2. The summed E-state index contributed by atoms with van der Waals surface area (Å²) in [5, 5.41) is 0. The van der Waals surface area contributed by atoms with E-state index in [1.54, 1.807) is 4.90 Å². The van der Waals surface area contributed by atoms with E-state index < -0.39 is 11.2 Å². The maximum Gasteiger partial charge on any atom is 0.330 e. The van der Waals surface area contributed by atoms with Crippen molar-refractivity contribution in [3.8, 4) is 0 Å². The number of aryl methyl sites for hydroxylation is 1. The number of hydrogen-bond acceptors (Lipinski definition) is 5. The summed E-state index contributed by atoms with van der Waals surface area (Å²) in [6.07, 6.45) is 4.13. The van der Waals surface area contributed by atoms with E-state index in [9.17, 15) is 19.2 Å². The standard InChI is InChI=1S/C26H37N5O4/c1-4-6-14-30(21-22(27)31(15-7-5-2)26(35)28-23(21)32)24(33)19-12-16-29(17-13-19)25(34)20-11-9-8-10-18(20)3/h8-11,19H,4-7,12-17,27H2,1-3H3,(H,28,32,35). The number of carbonyl (C=O) groups is 2. The summed E-state index contributed by atoms with van der Waals surface area (Å²) in [7, 11) is 0. The van der Waals surface area contributed by atoms with Crippen molar-refractivity contribution >= 4 is 23.3 Å². The number of benzene rings is 1. The van der Waals surface area contributed by atoms with Crippen LogP contribution in [0.5, 0.6) is 0 Å². The molecule has 0 bridgehead atoms. The zero-order valence-corrected chi connectivity index (χ0v) is 21.0. The Morgan fingerprint density at radius 1 is 1.09 bits per heavy atom. The van der Waals surface area contributed by atoms with E-state index >= 15 is 0 Å². The lowest BCUT2D eigenvalue weighted by Crippen LogP contribution is -2.47. The molecular formula is C26H37N5O4. The summed E-state index contributed by atoms with van der Waals surface area (Å²) in [5.41, 5.74) is 6.76. The Kier molecular flexibility index (Phi) is 8.89. The van der Waals surface area contributed by atoms with E-state index in [0.29, 0.717) is 51.0 Å². The van der Waals surface area contributed by atoms with Gasteiger partial charge < -0.3 is 15.5 Å². The molecule has 1 saturated heterocycles. The summed E-state index contributed by atoms with van der Waals surface area (Å²) in [6, 6.07) is 7.49. The molecule has 35 heavy (non-hydrogen) atoms. The molecule has 2 amide bonds. The molecule has 3 N–H and O–H groups in total. The molecule has 0 aliphatic carbocycles. The smallest absolute Gasteiger partial charge is 0.330 e. The van der Waals surface area contributed by atoms with E-state index in [1.165, 1.54) is 9.47 Å².